The van der Waals surface area contributed by atoms with Crippen molar-refractivity contribution in [2.75, 3.05) is 0 Å². The van der Waals surface area contributed by atoms with E-state index in [9.17, 15) is 0 Å². The molecule has 0 amide bonds. The molecule has 1 aromatic heterocycles. The first-order valence-electron chi connectivity index (χ1n) is 6.03. The zero-order valence-corrected chi connectivity index (χ0v) is 9.74. The Bertz CT molecular complexity index is 306. The molecular formula is C12H21N3. The predicted octanol–water partition coefficient (Wildman–Crippen LogP) is 2.18. The standard InChI is InChI=1S/C12H21N3/c1-3-15-12(6-7-14-15)9-13-11-5-4-10(2)8-11/h6-7,10-11,13H,3-5,8-9H2,1-2H3. The van der Waals surface area contributed by atoms with Crippen LogP contribution in [-0.4, -0.2) is 15.8 Å². The first-order valence-corrected chi connectivity index (χ1v) is 6.03. The van der Waals surface area contributed by atoms with Gasteiger partial charge in [0.25, 0.3) is 0 Å². The molecule has 0 bridgehead atoms. The van der Waals surface area contributed by atoms with E-state index in [2.05, 4.69) is 35.0 Å². The first kappa shape index (κ1) is 10.7. The van der Waals surface area contributed by atoms with Gasteiger partial charge in [0, 0.05) is 25.3 Å². The molecule has 1 aromatic rings. The Morgan fingerprint density at radius 1 is 1.53 bits per heavy atom. The molecule has 2 rings (SSSR count). The molecular weight excluding hydrogens is 186 g/mol. The van der Waals surface area contributed by atoms with Gasteiger partial charge >= 0.3 is 0 Å². The summed E-state index contributed by atoms with van der Waals surface area (Å²) < 4.78 is 2.06. The molecule has 3 nitrogen and oxygen atoms in total. The van der Waals surface area contributed by atoms with Gasteiger partial charge in [-0.05, 0) is 38.2 Å². The fraction of sp³-hybridized carbons (Fsp3) is 0.750. The fourth-order valence-corrected chi connectivity index (χ4v) is 2.44. The van der Waals surface area contributed by atoms with Crippen molar-refractivity contribution in [1.29, 1.82) is 0 Å². The van der Waals surface area contributed by atoms with Gasteiger partial charge in [-0.25, -0.2) is 0 Å². The minimum atomic E-state index is 0.722. The van der Waals surface area contributed by atoms with Crippen LogP contribution in [0.5, 0.6) is 0 Å². The summed E-state index contributed by atoms with van der Waals surface area (Å²) in [6.07, 6.45) is 5.93. The highest BCUT2D eigenvalue weighted by molar-refractivity contribution is 5.00. The quantitative estimate of drug-likeness (QED) is 0.820. The summed E-state index contributed by atoms with van der Waals surface area (Å²) in [5.41, 5.74) is 1.30. The van der Waals surface area contributed by atoms with Crippen molar-refractivity contribution >= 4 is 0 Å². The molecule has 1 aliphatic rings. The van der Waals surface area contributed by atoms with E-state index in [0.717, 1.165) is 25.0 Å². The van der Waals surface area contributed by atoms with Crippen LogP contribution in [0.1, 0.15) is 38.8 Å². The first-order chi connectivity index (χ1) is 7.29. The number of hydrogen-bond donors (Lipinski definition) is 1. The Morgan fingerprint density at radius 3 is 3.07 bits per heavy atom. The third kappa shape index (κ3) is 2.59. The molecule has 1 saturated carbocycles. The number of aromatic nitrogens is 2. The summed E-state index contributed by atoms with van der Waals surface area (Å²) in [6, 6.07) is 2.83. The van der Waals surface area contributed by atoms with Crippen molar-refractivity contribution < 1.29 is 0 Å². The molecule has 0 spiro atoms. The van der Waals surface area contributed by atoms with Crippen LogP contribution in [-0.2, 0) is 13.1 Å². The van der Waals surface area contributed by atoms with Gasteiger partial charge in [0.2, 0.25) is 0 Å². The minimum absolute atomic E-state index is 0.722. The van der Waals surface area contributed by atoms with E-state index in [1.807, 2.05) is 6.20 Å². The summed E-state index contributed by atoms with van der Waals surface area (Å²) >= 11 is 0. The van der Waals surface area contributed by atoms with Crippen molar-refractivity contribution in [3.63, 3.8) is 0 Å². The van der Waals surface area contributed by atoms with Gasteiger partial charge < -0.3 is 5.32 Å². The Kier molecular flexibility index (Phi) is 3.41. The van der Waals surface area contributed by atoms with Crippen LogP contribution >= 0.6 is 0 Å². The lowest BCUT2D eigenvalue weighted by Crippen LogP contribution is -2.27. The molecule has 84 valence electrons. The molecule has 0 radical (unpaired) electrons. The SMILES string of the molecule is CCn1nccc1CNC1CCC(C)C1. The third-order valence-corrected chi connectivity index (χ3v) is 3.37. The lowest BCUT2D eigenvalue weighted by atomic mass is 10.1. The van der Waals surface area contributed by atoms with E-state index < -0.39 is 0 Å². The topological polar surface area (TPSA) is 29.9 Å². The normalized spacial score (nSPS) is 26.0. The Morgan fingerprint density at radius 2 is 2.40 bits per heavy atom. The Hall–Kier alpha value is -0.830. The lowest BCUT2D eigenvalue weighted by molar-refractivity contribution is 0.483. The second kappa shape index (κ2) is 4.79. The van der Waals surface area contributed by atoms with Gasteiger partial charge in [-0.3, -0.25) is 4.68 Å². The van der Waals surface area contributed by atoms with Crippen LogP contribution in [0.15, 0.2) is 12.3 Å². The molecule has 0 aliphatic heterocycles. The van der Waals surface area contributed by atoms with Crippen LogP contribution in [0.2, 0.25) is 0 Å². The molecule has 2 unspecified atom stereocenters. The highest BCUT2D eigenvalue weighted by Gasteiger charge is 2.20. The molecule has 0 saturated heterocycles. The molecule has 15 heavy (non-hydrogen) atoms. The maximum atomic E-state index is 4.27. The second-order valence-corrected chi connectivity index (χ2v) is 4.63. The van der Waals surface area contributed by atoms with Crippen LogP contribution in [0, 0.1) is 5.92 Å². The highest BCUT2D eigenvalue weighted by Crippen LogP contribution is 2.24. The number of aryl methyl sites for hydroxylation is 1. The van der Waals surface area contributed by atoms with E-state index >= 15 is 0 Å². The Balaban J connectivity index is 1.83. The van der Waals surface area contributed by atoms with Gasteiger partial charge in [-0.15, -0.1) is 0 Å². The van der Waals surface area contributed by atoms with Crippen LogP contribution in [0.25, 0.3) is 0 Å². The van der Waals surface area contributed by atoms with Crippen LogP contribution in [0.3, 0.4) is 0 Å². The number of hydrogen-bond acceptors (Lipinski definition) is 2. The van der Waals surface area contributed by atoms with Crippen molar-refractivity contribution in [2.45, 2.75) is 52.2 Å². The van der Waals surface area contributed by atoms with Gasteiger partial charge in [0.1, 0.15) is 0 Å². The molecule has 3 heteroatoms. The summed E-state index contributed by atoms with van der Waals surface area (Å²) in [5, 5.41) is 7.90. The van der Waals surface area contributed by atoms with Crippen LogP contribution < -0.4 is 5.32 Å². The molecule has 1 fully saturated rings. The zero-order chi connectivity index (χ0) is 10.7. The van der Waals surface area contributed by atoms with Gasteiger partial charge in [-0.2, -0.15) is 5.10 Å². The maximum absolute atomic E-state index is 4.27. The Labute approximate surface area is 91.9 Å². The van der Waals surface area contributed by atoms with E-state index in [1.54, 1.807) is 0 Å². The van der Waals surface area contributed by atoms with Crippen molar-refractivity contribution in [2.24, 2.45) is 5.92 Å². The minimum Gasteiger partial charge on any atom is -0.308 e. The van der Waals surface area contributed by atoms with Crippen LogP contribution in [0.4, 0.5) is 0 Å². The molecule has 1 aliphatic carbocycles. The van der Waals surface area contributed by atoms with E-state index in [4.69, 9.17) is 0 Å². The van der Waals surface area contributed by atoms with Crippen molar-refractivity contribution in [3.8, 4) is 0 Å². The summed E-state index contributed by atoms with van der Waals surface area (Å²) in [4.78, 5) is 0. The fourth-order valence-electron chi connectivity index (χ4n) is 2.44. The molecule has 0 aromatic carbocycles. The largest absolute Gasteiger partial charge is 0.308 e. The monoisotopic (exact) mass is 207 g/mol. The third-order valence-electron chi connectivity index (χ3n) is 3.37. The molecule has 1 N–H and O–H groups in total. The van der Waals surface area contributed by atoms with E-state index in [-0.39, 0.29) is 0 Å². The summed E-state index contributed by atoms with van der Waals surface area (Å²) in [5.74, 6) is 0.901. The number of nitrogens with zero attached hydrogens (tertiary/aromatic N) is 2. The zero-order valence-electron chi connectivity index (χ0n) is 9.74. The summed E-state index contributed by atoms with van der Waals surface area (Å²) in [7, 11) is 0. The highest BCUT2D eigenvalue weighted by atomic mass is 15.3. The average molecular weight is 207 g/mol. The van der Waals surface area contributed by atoms with Gasteiger partial charge in [0.15, 0.2) is 0 Å². The average Bonchev–Trinajstić information content (AvgIpc) is 2.83. The second-order valence-electron chi connectivity index (χ2n) is 4.63. The smallest absolute Gasteiger partial charge is 0.0522 e. The van der Waals surface area contributed by atoms with Gasteiger partial charge in [0.05, 0.1) is 5.69 Å². The maximum Gasteiger partial charge on any atom is 0.0522 e. The van der Waals surface area contributed by atoms with Gasteiger partial charge in [-0.1, -0.05) is 6.92 Å². The molecule has 1 heterocycles. The lowest BCUT2D eigenvalue weighted by Gasteiger charge is -2.12. The number of rotatable bonds is 4. The molecule has 2 atom stereocenters. The summed E-state index contributed by atoms with van der Waals surface area (Å²) in [6.45, 7) is 6.41. The van der Waals surface area contributed by atoms with Crippen molar-refractivity contribution in [1.82, 2.24) is 15.1 Å². The predicted molar refractivity (Wildman–Crippen MR) is 61.5 cm³/mol. The number of nitrogens with one attached hydrogen (secondary N) is 1. The van der Waals surface area contributed by atoms with E-state index in [1.165, 1.54) is 25.0 Å². The van der Waals surface area contributed by atoms with Crippen molar-refractivity contribution in [3.05, 3.63) is 18.0 Å². The van der Waals surface area contributed by atoms with E-state index in [0.29, 0.717) is 0 Å².